The molecule has 0 atom stereocenters. The van der Waals surface area contributed by atoms with Crippen molar-refractivity contribution >= 4 is 23.2 Å². The number of imidazole rings is 1. The molecule has 0 aliphatic heterocycles. The van der Waals surface area contributed by atoms with E-state index in [0.717, 1.165) is 0 Å². The molecule has 0 spiro atoms. The largest absolute Gasteiger partial charge is 0.331 e. The molecule has 0 unspecified atom stereocenters. The highest BCUT2D eigenvalue weighted by Crippen LogP contribution is 2.17. The number of nitrogens with one attached hydrogen (secondary N) is 1. The van der Waals surface area contributed by atoms with Crippen molar-refractivity contribution in [2.75, 3.05) is 0 Å². The van der Waals surface area contributed by atoms with Crippen molar-refractivity contribution < 1.29 is 0 Å². The minimum atomic E-state index is 0.270. The molecule has 1 rings (SSSR count). The summed E-state index contributed by atoms with van der Waals surface area (Å²) in [5.74, 6) is 3.04. The molecule has 0 fully saturated rings. The Morgan fingerprint density at radius 2 is 2.30 bits per heavy atom. The second-order valence-electron chi connectivity index (χ2n) is 1.67. The quantitative estimate of drug-likeness (QED) is 0.648. The fraction of sp³-hybridized carbons (Fsp3) is 0.167. The number of aromatic amines is 1. The first-order valence-corrected chi connectivity index (χ1v) is 3.33. The Morgan fingerprint density at radius 3 is 2.70 bits per heavy atom. The Kier molecular flexibility index (Phi) is 2.21. The van der Waals surface area contributed by atoms with Gasteiger partial charge in [0.2, 0.25) is 0 Å². The van der Waals surface area contributed by atoms with Crippen molar-refractivity contribution in [2.24, 2.45) is 0 Å². The molecule has 0 aliphatic rings. The van der Waals surface area contributed by atoms with E-state index in [0.29, 0.717) is 17.4 Å². The number of halogens is 2. The summed E-state index contributed by atoms with van der Waals surface area (Å²) >= 11 is 11.1. The van der Waals surface area contributed by atoms with E-state index in [1.165, 1.54) is 0 Å². The van der Waals surface area contributed by atoms with E-state index in [1.807, 2.05) is 0 Å². The van der Waals surface area contributed by atoms with Crippen LogP contribution in [-0.2, 0) is 6.42 Å². The van der Waals surface area contributed by atoms with Crippen molar-refractivity contribution in [1.29, 1.82) is 0 Å². The van der Waals surface area contributed by atoms with Gasteiger partial charge < -0.3 is 4.98 Å². The zero-order valence-electron chi connectivity index (χ0n) is 4.99. The van der Waals surface area contributed by atoms with Crippen LogP contribution in [0.15, 0.2) is 0 Å². The first kappa shape index (κ1) is 7.46. The maximum atomic E-state index is 5.55. The summed E-state index contributed by atoms with van der Waals surface area (Å²) in [6, 6.07) is 0. The predicted molar refractivity (Wildman–Crippen MR) is 41.1 cm³/mol. The van der Waals surface area contributed by atoms with Gasteiger partial charge in [-0.1, -0.05) is 29.1 Å². The van der Waals surface area contributed by atoms with Gasteiger partial charge in [0.15, 0.2) is 5.15 Å². The van der Waals surface area contributed by atoms with Crippen LogP contribution in [0, 0.1) is 12.3 Å². The molecule has 0 aliphatic carbocycles. The number of H-pyrrole nitrogens is 1. The maximum absolute atomic E-state index is 5.55. The number of terminal acetylenes is 1. The summed E-state index contributed by atoms with van der Waals surface area (Å²) in [7, 11) is 0. The summed E-state index contributed by atoms with van der Waals surface area (Å²) < 4.78 is 0. The third kappa shape index (κ3) is 1.44. The van der Waals surface area contributed by atoms with E-state index in [2.05, 4.69) is 15.9 Å². The molecule has 0 saturated heterocycles. The first-order valence-electron chi connectivity index (χ1n) is 2.57. The van der Waals surface area contributed by atoms with Crippen molar-refractivity contribution in [3.8, 4) is 12.3 Å². The zero-order chi connectivity index (χ0) is 7.56. The first-order chi connectivity index (χ1) is 4.74. The lowest BCUT2D eigenvalue weighted by Crippen LogP contribution is -1.82. The third-order valence-electron chi connectivity index (χ3n) is 0.938. The van der Waals surface area contributed by atoms with Crippen LogP contribution >= 0.6 is 23.2 Å². The number of hydrogen-bond donors (Lipinski definition) is 1. The number of aromatic nitrogens is 2. The minimum Gasteiger partial charge on any atom is -0.331 e. The van der Waals surface area contributed by atoms with Crippen molar-refractivity contribution in [3.05, 3.63) is 16.1 Å². The Hall–Kier alpha value is -0.650. The van der Waals surface area contributed by atoms with Crippen molar-refractivity contribution in [3.63, 3.8) is 0 Å². The summed E-state index contributed by atoms with van der Waals surface area (Å²) in [4.78, 5) is 6.56. The molecule has 0 amide bonds. The summed E-state index contributed by atoms with van der Waals surface area (Å²) in [6.45, 7) is 0. The number of nitrogens with zero attached hydrogens (tertiary/aromatic N) is 1. The van der Waals surface area contributed by atoms with E-state index < -0.39 is 0 Å². The van der Waals surface area contributed by atoms with Crippen LogP contribution in [0.25, 0.3) is 0 Å². The lowest BCUT2D eigenvalue weighted by Gasteiger charge is -1.80. The van der Waals surface area contributed by atoms with Gasteiger partial charge in [0, 0.05) is 0 Å². The predicted octanol–water partition coefficient (Wildman–Crippen LogP) is 1.89. The maximum Gasteiger partial charge on any atom is 0.166 e. The van der Waals surface area contributed by atoms with Gasteiger partial charge in [0.05, 0.1) is 6.42 Å². The van der Waals surface area contributed by atoms with E-state index in [9.17, 15) is 0 Å². The SMILES string of the molecule is C#CCc1nc(Cl)c(Cl)[nH]1. The monoisotopic (exact) mass is 174 g/mol. The highest BCUT2D eigenvalue weighted by Gasteiger charge is 2.02. The van der Waals surface area contributed by atoms with E-state index in [-0.39, 0.29) is 5.15 Å². The smallest absolute Gasteiger partial charge is 0.166 e. The van der Waals surface area contributed by atoms with Crippen LogP contribution in [0.1, 0.15) is 5.82 Å². The molecule has 0 bridgehead atoms. The fourth-order valence-corrected chi connectivity index (χ4v) is 0.855. The van der Waals surface area contributed by atoms with E-state index in [1.54, 1.807) is 0 Å². The Bertz CT molecular complexity index is 252. The molecule has 0 aromatic carbocycles. The summed E-state index contributed by atoms with van der Waals surface area (Å²) in [5, 5.41) is 0.610. The Balaban J connectivity index is 2.90. The topological polar surface area (TPSA) is 28.7 Å². The molecule has 1 aromatic rings. The van der Waals surface area contributed by atoms with Crippen LogP contribution < -0.4 is 0 Å². The number of rotatable bonds is 1. The molecule has 4 heteroatoms. The van der Waals surface area contributed by atoms with Crippen molar-refractivity contribution in [2.45, 2.75) is 6.42 Å². The lowest BCUT2D eigenvalue weighted by molar-refractivity contribution is 1.08. The molecule has 1 aromatic heterocycles. The average Bonchev–Trinajstić information content (AvgIpc) is 2.14. The van der Waals surface area contributed by atoms with Crippen LogP contribution in [0.3, 0.4) is 0 Å². The van der Waals surface area contributed by atoms with Crippen LogP contribution in [0.5, 0.6) is 0 Å². The second-order valence-corrected chi connectivity index (χ2v) is 2.41. The van der Waals surface area contributed by atoms with Gasteiger partial charge in [-0.25, -0.2) is 4.98 Å². The molecule has 2 nitrogen and oxygen atoms in total. The molecular weight excluding hydrogens is 171 g/mol. The standard InChI is InChI=1S/C6H4Cl2N2/c1-2-3-4-9-5(7)6(8)10-4/h1H,3H2,(H,9,10). The third-order valence-corrected chi connectivity index (χ3v) is 1.58. The van der Waals surface area contributed by atoms with Gasteiger partial charge in [0.1, 0.15) is 11.0 Å². The van der Waals surface area contributed by atoms with Crippen LogP contribution in [-0.4, -0.2) is 9.97 Å². The highest BCUT2D eigenvalue weighted by atomic mass is 35.5. The van der Waals surface area contributed by atoms with E-state index >= 15 is 0 Å². The van der Waals surface area contributed by atoms with E-state index in [4.69, 9.17) is 29.6 Å². The molecule has 0 radical (unpaired) electrons. The zero-order valence-corrected chi connectivity index (χ0v) is 6.50. The molecule has 52 valence electrons. The Morgan fingerprint density at radius 1 is 1.60 bits per heavy atom. The average molecular weight is 175 g/mol. The van der Waals surface area contributed by atoms with Crippen LogP contribution in [0.4, 0.5) is 0 Å². The van der Waals surface area contributed by atoms with Gasteiger partial charge >= 0.3 is 0 Å². The van der Waals surface area contributed by atoms with Gasteiger partial charge in [-0.3, -0.25) is 0 Å². The number of hydrogen-bond acceptors (Lipinski definition) is 1. The second kappa shape index (κ2) is 2.96. The van der Waals surface area contributed by atoms with Gasteiger partial charge in [-0.05, 0) is 0 Å². The van der Waals surface area contributed by atoms with Gasteiger partial charge in [-0.2, -0.15) is 0 Å². The van der Waals surface area contributed by atoms with Crippen LogP contribution in [0.2, 0.25) is 10.3 Å². The van der Waals surface area contributed by atoms with Gasteiger partial charge in [0.25, 0.3) is 0 Å². The van der Waals surface area contributed by atoms with Crippen molar-refractivity contribution in [1.82, 2.24) is 9.97 Å². The molecule has 1 heterocycles. The summed E-state index contributed by atoms with van der Waals surface area (Å²) in [6.07, 6.45) is 5.45. The summed E-state index contributed by atoms with van der Waals surface area (Å²) in [5.41, 5.74) is 0. The highest BCUT2D eigenvalue weighted by molar-refractivity contribution is 6.40. The molecular formula is C6H4Cl2N2. The van der Waals surface area contributed by atoms with Gasteiger partial charge in [-0.15, -0.1) is 6.42 Å². The molecule has 10 heavy (non-hydrogen) atoms. The Labute approximate surface area is 68.6 Å². The molecule has 1 N–H and O–H groups in total. The molecule has 0 saturated carbocycles. The fourth-order valence-electron chi connectivity index (χ4n) is 0.554. The minimum absolute atomic E-state index is 0.270. The normalized spacial score (nSPS) is 9.30. The lowest BCUT2D eigenvalue weighted by atomic mass is 10.4.